The minimum absolute atomic E-state index is 0.0867. The summed E-state index contributed by atoms with van der Waals surface area (Å²) in [6.45, 7) is 3.50. The van der Waals surface area contributed by atoms with E-state index in [9.17, 15) is 4.79 Å². The zero-order chi connectivity index (χ0) is 10.0. The maximum atomic E-state index is 11.1. The van der Waals surface area contributed by atoms with Gasteiger partial charge in [0.05, 0.1) is 10.7 Å². The Balaban J connectivity index is 3.28. The van der Waals surface area contributed by atoms with Gasteiger partial charge in [-0.3, -0.25) is 4.79 Å². The smallest absolute Gasteiger partial charge is 0.159 e. The molecule has 0 saturated heterocycles. The van der Waals surface area contributed by atoms with E-state index in [0.717, 1.165) is 20.4 Å². The molecular formula is C10H11IO2. The molecule has 0 unspecified atom stereocenters. The minimum atomic E-state index is 0.0867. The van der Waals surface area contributed by atoms with E-state index in [1.54, 1.807) is 14.0 Å². The van der Waals surface area contributed by atoms with Gasteiger partial charge in [0.25, 0.3) is 0 Å². The highest BCUT2D eigenvalue weighted by Crippen LogP contribution is 2.26. The van der Waals surface area contributed by atoms with Gasteiger partial charge < -0.3 is 4.74 Å². The van der Waals surface area contributed by atoms with Gasteiger partial charge in [0.2, 0.25) is 0 Å². The second kappa shape index (κ2) is 4.09. The molecule has 2 nitrogen and oxygen atoms in total. The van der Waals surface area contributed by atoms with Gasteiger partial charge in [-0.15, -0.1) is 0 Å². The van der Waals surface area contributed by atoms with Crippen molar-refractivity contribution in [1.82, 2.24) is 0 Å². The van der Waals surface area contributed by atoms with Crippen LogP contribution in [-0.2, 0) is 0 Å². The summed E-state index contributed by atoms with van der Waals surface area (Å²) in [6.07, 6.45) is 0. The van der Waals surface area contributed by atoms with Crippen LogP contribution in [0.3, 0.4) is 0 Å². The van der Waals surface area contributed by atoms with E-state index in [1.165, 1.54) is 0 Å². The molecule has 1 aromatic carbocycles. The zero-order valence-corrected chi connectivity index (χ0v) is 10.0. The lowest BCUT2D eigenvalue weighted by molar-refractivity contribution is 0.101. The van der Waals surface area contributed by atoms with Crippen LogP contribution in [0.25, 0.3) is 0 Å². The molecule has 0 fully saturated rings. The number of halogens is 1. The molecule has 0 N–H and O–H groups in total. The molecule has 0 saturated carbocycles. The van der Waals surface area contributed by atoms with E-state index < -0.39 is 0 Å². The van der Waals surface area contributed by atoms with Crippen molar-refractivity contribution in [2.75, 3.05) is 7.11 Å². The van der Waals surface area contributed by atoms with E-state index in [4.69, 9.17) is 4.74 Å². The Kier molecular flexibility index (Phi) is 3.30. The Hall–Kier alpha value is -0.580. The summed E-state index contributed by atoms with van der Waals surface area (Å²) >= 11 is 2.17. The first-order valence-corrected chi connectivity index (χ1v) is 4.99. The Labute approximate surface area is 91.4 Å². The monoisotopic (exact) mass is 290 g/mol. The first-order chi connectivity index (χ1) is 6.06. The van der Waals surface area contributed by atoms with Crippen LogP contribution >= 0.6 is 22.6 Å². The zero-order valence-electron chi connectivity index (χ0n) is 7.85. The van der Waals surface area contributed by atoms with E-state index in [0.29, 0.717) is 0 Å². The highest BCUT2D eigenvalue weighted by molar-refractivity contribution is 14.1. The van der Waals surface area contributed by atoms with Gasteiger partial charge in [0, 0.05) is 5.56 Å². The predicted octanol–water partition coefficient (Wildman–Crippen LogP) is 2.81. The van der Waals surface area contributed by atoms with Crippen LogP contribution in [0.5, 0.6) is 5.75 Å². The molecule has 0 aromatic heterocycles. The third-order valence-electron chi connectivity index (χ3n) is 1.84. The molecule has 0 aliphatic heterocycles. The summed E-state index contributed by atoms with van der Waals surface area (Å²) in [6, 6.07) is 3.69. The molecule has 0 aliphatic rings. The summed E-state index contributed by atoms with van der Waals surface area (Å²) in [5.74, 6) is 0.939. The van der Waals surface area contributed by atoms with Gasteiger partial charge in [0.15, 0.2) is 5.78 Å². The predicted molar refractivity (Wildman–Crippen MR) is 60.5 cm³/mol. The van der Waals surface area contributed by atoms with Crippen molar-refractivity contribution >= 4 is 28.4 Å². The normalized spacial score (nSPS) is 9.85. The van der Waals surface area contributed by atoms with Crippen molar-refractivity contribution < 1.29 is 9.53 Å². The maximum absolute atomic E-state index is 11.1. The van der Waals surface area contributed by atoms with Crippen LogP contribution in [0.4, 0.5) is 0 Å². The molecule has 70 valence electrons. The average molecular weight is 290 g/mol. The molecule has 1 aromatic rings. The van der Waals surface area contributed by atoms with Gasteiger partial charge in [-0.1, -0.05) is 0 Å². The van der Waals surface area contributed by atoms with Gasteiger partial charge in [0.1, 0.15) is 5.75 Å². The van der Waals surface area contributed by atoms with Gasteiger partial charge in [-0.05, 0) is 54.1 Å². The summed E-state index contributed by atoms with van der Waals surface area (Å²) in [5, 5.41) is 0. The lowest BCUT2D eigenvalue weighted by Crippen LogP contribution is -1.97. The average Bonchev–Trinajstić information content (AvgIpc) is 2.03. The van der Waals surface area contributed by atoms with E-state index in [2.05, 4.69) is 22.6 Å². The Morgan fingerprint density at radius 3 is 2.46 bits per heavy atom. The second-order valence-electron chi connectivity index (χ2n) is 2.86. The summed E-state index contributed by atoms with van der Waals surface area (Å²) < 4.78 is 6.17. The fourth-order valence-electron chi connectivity index (χ4n) is 1.19. The molecule has 0 aliphatic carbocycles. The fraction of sp³-hybridized carbons (Fsp3) is 0.300. The number of rotatable bonds is 2. The minimum Gasteiger partial charge on any atom is -0.495 e. The molecule has 0 heterocycles. The lowest BCUT2D eigenvalue weighted by Gasteiger charge is -2.08. The summed E-state index contributed by atoms with van der Waals surface area (Å²) in [7, 11) is 1.64. The molecule has 1 rings (SSSR count). The number of ether oxygens (including phenoxy) is 1. The number of hydrogen-bond donors (Lipinski definition) is 0. The number of methoxy groups -OCH3 is 1. The van der Waals surface area contributed by atoms with Crippen molar-refractivity contribution in [2.24, 2.45) is 0 Å². The van der Waals surface area contributed by atoms with Crippen molar-refractivity contribution in [3.8, 4) is 5.75 Å². The van der Waals surface area contributed by atoms with Crippen LogP contribution < -0.4 is 4.74 Å². The largest absolute Gasteiger partial charge is 0.495 e. The van der Waals surface area contributed by atoms with Crippen LogP contribution in [-0.4, -0.2) is 12.9 Å². The van der Waals surface area contributed by atoms with Gasteiger partial charge in [-0.2, -0.15) is 0 Å². The molecule has 0 atom stereocenters. The van der Waals surface area contributed by atoms with Gasteiger partial charge >= 0.3 is 0 Å². The molecular weight excluding hydrogens is 279 g/mol. The number of ketones is 1. The van der Waals surface area contributed by atoms with Crippen LogP contribution in [0.1, 0.15) is 22.8 Å². The van der Waals surface area contributed by atoms with Crippen molar-refractivity contribution in [1.29, 1.82) is 0 Å². The van der Waals surface area contributed by atoms with Crippen LogP contribution in [0.2, 0.25) is 0 Å². The van der Waals surface area contributed by atoms with Crippen molar-refractivity contribution in [3.05, 3.63) is 26.8 Å². The number of Topliss-reactive ketones (excluding diaryl/α,β-unsaturated/α-hetero) is 1. The fourth-order valence-corrected chi connectivity index (χ4v) is 2.17. The first-order valence-electron chi connectivity index (χ1n) is 3.91. The number of benzene rings is 1. The number of hydrogen-bond acceptors (Lipinski definition) is 2. The molecule has 0 radical (unpaired) electrons. The van der Waals surface area contributed by atoms with Crippen LogP contribution in [0.15, 0.2) is 12.1 Å². The highest BCUT2D eigenvalue weighted by atomic mass is 127. The van der Waals surface area contributed by atoms with Crippen molar-refractivity contribution in [2.45, 2.75) is 13.8 Å². The quantitative estimate of drug-likeness (QED) is 0.618. The second-order valence-corrected chi connectivity index (χ2v) is 4.03. The van der Waals surface area contributed by atoms with Crippen LogP contribution in [0, 0.1) is 10.5 Å². The summed E-state index contributed by atoms with van der Waals surface area (Å²) in [4.78, 5) is 11.1. The molecule has 13 heavy (non-hydrogen) atoms. The Bertz CT molecular complexity index is 322. The van der Waals surface area contributed by atoms with E-state index in [1.807, 2.05) is 19.1 Å². The SMILES string of the molecule is COc1c(C)cc(C(C)=O)cc1I. The summed E-state index contributed by atoms with van der Waals surface area (Å²) in [5.41, 5.74) is 1.74. The van der Waals surface area contributed by atoms with Crippen molar-refractivity contribution in [3.63, 3.8) is 0 Å². The number of carbonyl (C=O) groups is 1. The van der Waals surface area contributed by atoms with Gasteiger partial charge in [-0.25, -0.2) is 0 Å². The lowest BCUT2D eigenvalue weighted by atomic mass is 10.1. The Morgan fingerprint density at radius 2 is 2.08 bits per heavy atom. The standard InChI is InChI=1S/C10H11IO2/c1-6-4-8(7(2)12)5-9(11)10(6)13-3/h4-5H,1-3H3. The van der Waals surface area contributed by atoms with E-state index >= 15 is 0 Å². The number of aryl methyl sites for hydroxylation is 1. The molecule has 0 spiro atoms. The molecule has 3 heteroatoms. The third-order valence-corrected chi connectivity index (χ3v) is 2.64. The third kappa shape index (κ3) is 2.21. The molecule has 0 amide bonds. The first kappa shape index (κ1) is 10.5. The maximum Gasteiger partial charge on any atom is 0.159 e. The number of carbonyl (C=O) groups excluding carboxylic acids is 1. The molecule has 0 bridgehead atoms. The van der Waals surface area contributed by atoms with E-state index in [-0.39, 0.29) is 5.78 Å². The Morgan fingerprint density at radius 1 is 1.46 bits per heavy atom. The topological polar surface area (TPSA) is 26.3 Å². The highest BCUT2D eigenvalue weighted by Gasteiger charge is 2.08.